The quantitative estimate of drug-likeness (QED) is 0.469. The van der Waals surface area contributed by atoms with Gasteiger partial charge in [-0.1, -0.05) is 18.2 Å². The average Bonchev–Trinajstić information content (AvgIpc) is 2.82. The van der Waals surface area contributed by atoms with Crippen LogP contribution in [0, 0.1) is 17.0 Å². The predicted molar refractivity (Wildman–Crippen MR) is 90.5 cm³/mol. The van der Waals surface area contributed by atoms with Gasteiger partial charge in [-0.3, -0.25) is 10.1 Å². The SMILES string of the molecule is Cc1ccc(S(=O)(=O)Oc2cccc3c2OC(C)(C)C3)cc1[N+](=O)[O-]. The number of rotatable bonds is 4. The third-order valence-electron chi connectivity index (χ3n) is 3.92. The summed E-state index contributed by atoms with van der Waals surface area (Å²) in [7, 11) is -4.23. The van der Waals surface area contributed by atoms with Crippen molar-refractivity contribution < 1.29 is 22.3 Å². The van der Waals surface area contributed by atoms with Crippen molar-refractivity contribution in [3.05, 3.63) is 57.6 Å². The number of nitrogens with zero attached hydrogens (tertiary/aromatic N) is 1. The Labute approximate surface area is 145 Å². The second-order valence-corrected chi connectivity index (χ2v) is 8.07. The Kier molecular flexibility index (Phi) is 3.95. The number of fused-ring (bicyclic) bond motifs is 1. The van der Waals surface area contributed by atoms with Crippen LogP contribution in [-0.4, -0.2) is 18.9 Å². The van der Waals surface area contributed by atoms with E-state index in [2.05, 4.69) is 0 Å². The van der Waals surface area contributed by atoms with Crippen LogP contribution in [0.5, 0.6) is 11.5 Å². The lowest BCUT2D eigenvalue weighted by molar-refractivity contribution is -0.385. The van der Waals surface area contributed by atoms with E-state index in [-0.39, 0.29) is 16.3 Å². The van der Waals surface area contributed by atoms with Gasteiger partial charge in [0.2, 0.25) is 0 Å². The van der Waals surface area contributed by atoms with Crippen LogP contribution in [0.3, 0.4) is 0 Å². The molecule has 0 radical (unpaired) electrons. The van der Waals surface area contributed by atoms with E-state index in [0.717, 1.165) is 11.6 Å². The van der Waals surface area contributed by atoms with Crippen LogP contribution in [0.1, 0.15) is 25.0 Å². The third-order valence-corrected chi connectivity index (χ3v) is 5.15. The summed E-state index contributed by atoms with van der Waals surface area (Å²) >= 11 is 0. The van der Waals surface area contributed by atoms with Crippen LogP contribution in [0.15, 0.2) is 41.3 Å². The summed E-state index contributed by atoms with van der Waals surface area (Å²) in [5, 5.41) is 11.0. The molecule has 8 heteroatoms. The number of nitro groups is 1. The average molecular weight is 363 g/mol. The molecule has 0 spiro atoms. The maximum atomic E-state index is 12.5. The summed E-state index contributed by atoms with van der Waals surface area (Å²) in [6.07, 6.45) is 0.635. The van der Waals surface area contributed by atoms with E-state index in [1.165, 1.54) is 25.1 Å². The van der Waals surface area contributed by atoms with Crippen molar-refractivity contribution >= 4 is 15.8 Å². The van der Waals surface area contributed by atoms with Crippen molar-refractivity contribution in [2.75, 3.05) is 0 Å². The fraction of sp³-hybridized carbons (Fsp3) is 0.294. The molecule has 1 aliphatic rings. The lowest BCUT2D eigenvalue weighted by Gasteiger charge is -2.18. The molecule has 0 unspecified atom stereocenters. The molecule has 7 nitrogen and oxygen atoms in total. The Morgan fingerprint density at radius 3 is 2.64 bits per heavy atom. The lowest BCUT2D eigenvalue weighted by atomic mass is 10.0. The van der Waals surface area contributed by atoms with Gasteiger partial charge in [-0.05, 0) is 32.9 Å². The molecule has 0 saturated heterocycles. The molecule has 132 valence electrons. The second-order valence-electron chi connectivity index (χ2n) is 6.53. The van der Waals surface area contributed by atoms with Crippen LogP contribution >= 0.6 is 0 Å². The maximum Gasteiger partial charge on any atom is 0.339 e. The first-order valence-corrected chi connectivity index (χ1v) is 9.00. The summed E-state index contributed by atoms with van der Waals surface area (Å²) in [4.78, 5) is 10.1. The number of hydrogen-bond acceptors (Lipinski definition) is 6. The molecule has 1 heterocycles. The van der Waals surface area contributed by atoms with E-state index in [1.54, 1.807) is 6.07 Å². The first kappa shape index (κ1) is 17.2. The zero-order chi connectivity index (χ0) is 18.4. The number of nitro benzene ring substituents is 1. The standard InChI is InChI=1S/C17H17NO6S/c1-11-7-8-13(9-14(11)18(19)20)25(21,22)24-15-6-4-5-12-10-17(2,3)23-16(12)15/h4-9H,10H2,1-3H3. The van der Waals surface area contributed by atoms with Crippen molar-refractivity contribution in [3.63, 3.8) is 0 Å². The fourth-order valence-corrected chi connectivity index (χ4v) is 3.72. The summed E-state index contributed by atoms with van der Waals surface area (Å²) in [5.41, 5.74) is 0.497. The molecule has 2 aromatic rings. The van der Waals surface area contributed by atoms with E-state index in [1.807, 2.05) is 19.9 Å². The number of para-hydroxylation sites is 1. The molecule has 0 aliphatic carbocycles. The highest BCUT2D eigenvalue weighted by Crippen LogP contribution is 2.42. The monoisotopic (exact) mass is 363 g/mol. The fourth-order valence-electron chi connectivity index (χ4n) is 2.76. The van der Waals surface area contributed by atoms with Gasteiger partial charge < -0.3 is 8.92 Å². The molecule has 1 aliphatic heterocycles. The normalized spacial score (nSPS) is 15.3. The van der Waals surface area contributed by atoms with Crippen LogP contribution in [-0.2, 0) is 16.5 Å². The Morgan fingerprint density at radius 1 is 1.24 bits per heavy atom. The molecule has 0 bridgehead atoms. The van der Waals surface area contributed by atoms with Gasteiger partial charge in [0.25, 0.3) is 5.69 Å². The van der Waals surface area contributed by atoms with Crippen molar-refractivity contribution in [2.45, 2.75) is 37.7 Å². The first-order valence-electron chi connectivity index (χ1n) is 7.59. The Hall–Kier alpha value is -2.61. The Morgan fingerprint density at radius 2 is 1.96 bits per heavy atom. The summed E-state index contributed by atoms with van der Waals surface area (Å²) in [6, 6.07) is 8.69. The van der Waals surface area contributed by atoms with Crippen molar-refractivity contribution in [2.24, 2.45) is 0 Å². The topological polar surface area (TPSA) is 95.7 Å². The number of ether oxygens (including phenoxy) is 1. The minimum atomic E-state index is -4.23. The van der Waals surface area contributed by atoms with Gasteiger partial charge in [-0.2, -0.15) is 8.42 Å². The molecule has 25 heavy (non-hydrogen) atoms. The molecule has 2 aromatic carbocycles. The molecule has 3 rings (SSSR count). The molecular weight excluding hydrogens is 346 g/mol. The molecule has 0 amide bonds. The lowest BCUT2D eigenvalue weighted by Crippen LogP contribution is -2.24. The molecule has 0 aromatic heterocycles. The van der Waals surface area contributed by atoms with Crippen LogP contribution in [0.4, 0.5) is 5.69 Å². The van der Waals surface area contributed by atoms with Gasteiger partial charge in [0.15, 0.2) is 11.5 Å². The van der Waals surface area contributed by atoms with E-state index in [4.69, 9.17) is 8.92 Å². The van der Waals surface area contributed by atoms with Gasteiger partial charge in [0, 0.05) is 23.6 Å². The highest BCUT2D eigenvalue weighted by Gasteiger charge is 2.34. The minimum absolute atomic E-state index is 0.0753. The minimum Gasteiger partial charge on any atom is -0.483 e. The molecular formula is C17H17NO6S. The summed E-state index contributed by atoms with van der Waals surface area (Å²) < 4.78 is 36.1. The van der Waals surface area contributed by atoms with Gasteiger partial charge >= 0.3 is 10.1 Å². The van der Waals surface area contributed by atoms with Gasteiger partial charge in [-0.25, -0.2) is 0 Å². The van der Waals surface area contributed by atoms with Crippen molar-refractivity contribution in [1.82, 2.24) is 0 Å². The highest BCUT2D eigenvalue weighted by atomic mass is 32.2. The Bertz CT molecular complexity index is 965. The number of hydrogen-bond donors (Lipinski definition) is 0. The highest BCUT2D eigenvalue weighted by molar-refractivity contribution is 7.87. The second kappa shape index (κ2) is 5.73. The smallest absolute Gasteiger partial charge is 0.339 e. The van der Waals surface area contributed by atoms with Gasteiger partial charge in [0.05, 0.1) is 4.92 Å². The van der Waals surface area contributed by atoms with Crippen LogP contribution < -0.4 is 8.92 Å². The van der Waals surface area contributed by atoms with E-state index in [9.17, 15) is 18.5 Å². The van der Waals surface area contributed by atoms with Gasteiger partial charge in [-0.15, -0.1) is 0 Å². The zero-order valence-corrected chi connectivity index (χ0v) is 14.8. The summed E-state index contributed by atoms with van der Waals surface area (Å²) in [5.74, 6) is 0.462. The number of aryl methyl sites for hydroxylation is 1. The molecule has 0 N–H and O–H groups in total. The van der Waals surface area contributed by atoms with E-state index < -0.39 is 20.6 Å². The van der Waals surface area contributed by atoms with Crippen molar-refractivity contribution in [3.8, 4) is 11.5 Å². The zero-order valence-electron chi connectivity index (χ0n) is 14.0. The first-order chi connectivity index (χ1) is 11.6. The Balaban J connectivity index is 1.98. The predicted octanol–water partition coefficient (Wildman–Crippen LogP) is 3.38. The molecule has 0 atom stereocenters. The third kappa shape index (κ3) is 3.30. The van der Waals surface area contributed by atoms with Gasteiger partial charge in [0.1, 0.15) is 10.5 Å². The largest absolute Gasteiger partial charge is 0.483 e. The molecule has 0 saturated carbocycles. The van der Waals surface area contributed by atoms with Crippen LogP contribution in [0.2, 0.25) is 0 Å². The van der Waals surface area contributed by atoms with Crippen LogP contribution in [0.25, 0.3) is 0 Å². The van der Waals surface area contributed by atoms with E-state index >= 15 is 0 Å². The van der Waals surface area contributed by atoms with E-state index in [0.29, 0.717) is 17.7 Å². The number of benzene rings is 2. The maximum absolute atomic E-state index is 12.5. The molecule has 0 fully saturated rings. The summed E-state index contributed by atoms with van der Waals surface area (Å²) in [6.45, 7) is 5.33. The van der Waals surface area contributed by atoms with Crippen molar-refractivity contribution in [1.29, 1.82) is 0 Å².